The molecular formula is C52H107N3O3. The Balaban J connectivity index is 2.46. The molecule has 6 nitrogen and oxygen atoms in total. The van der Waals surface area contributed by atoms with Crippen molar-refractivity contribution in [2.75, 3.05) is 72.6 Å². The van der Waals surface area contributed by atoms with E-state index in [1.165, 1.54) is 199 Å². The van der Waals surface area contributed by atoms with Gasteiger partial charge in [-0.05, 0) is 83.3 Å². The predicted molar refractivity (Wildman–Crippen MR) is 255 cm³/mol. The molecule has 0 bridgehead atoms. The molecule has 348 valence electrons. The lowest BCUT2D eigenvalue weighted by atomic mass is 9.87. The number of β-amino-alcohol motifs (C(OH)–C–C–N with tert-alkyl or cyclic N) is 1. The molecule has 1 saturated heterocycles. The molecule has 6 heteroatoms. The summed E-state index contributed by atoms with van der Waals surface area (Å²) in [5, 5.41) is 22.5. The van der Waals surface area contributed by atoms with E-state index in [1.54, 1.807) is 0 Å². The molecule has 0 aromatic heterocycles. The summed E-state index contributed by atoms with van der Waals surface area (Å²) >= 11 is 0. The van der Waals surface area contributed by atoms with Crippen LogP contribution in [0.15, 0.2) is 0 Å². The molecule has 58 heavy (non-hydrogen) atoms. The largest absolute Gasteiger partial charge is 0.393 e. The van der Waals surface area contributed by atoms with Crippen molar-refractivity contribution >= 4 is 0 Å². The molecule has 0 radical (unpaired) electrons. The van der Waals surface area contributed by atoms with E-state index < -0.39 is 0 Å². The first kappa shape index (κ1) is 55.8. The van der Waals surface area contributed by atoms with Crippen LogP contribution in [0.3, 0.4) is 0 Å². The average Bonchev–Trinajstić information content (AvgIpc) is 3.22. The second-order valence-corrected chi connectivity index (χ2v) is 19.3. The molecule has 1 rings (SSSR count). The molecule has 1 aliphatic rings. The van der Waals surface area contributed by atoms with Crippen molar-refractivity contribution in [3.8, 4) is 0 Å². The van der Waals surface area contributed by atoms with Crippen LogP contribution in [0.5, 0.6) is 0 Å². The molecule has 1 fully saturated rings. The van der Waals surface area contributed by atoms with Gasteiger partial charge in [0, 0.05) is 52.5 Å². The van der Waals surface area contributed by atoms with E-state index in [-0.39, 0.29) is 12.2 Å². The van der Waals surface area contributed by atoms with Crippen molar-refractivity contribution in [3.05, 3.63) is 0 Å². The highest BCUT2D eigenvalue weighted by atomic mass is 16.5. The van der Waals surface area contributed by atoms with E-state index in [0.29, 0.717) is 5.92 Å². The van der Waals surface area contributed by atoms with Crippen LogP contribution in [0, 0.1) is 11.8 Å². The number of unbranched alkanes of at least 4 members (excludes halogenated alkanes) is 22. The number of rotatable bonds is 45. The fourth-order valence-corrected chi connectivity index (χ4v) is 9.33. The van der Waals surface area contributed by atoms with Gasteiger partial charge in [0.2, 0.25) is 0 Å². The maximum absolute atomic E-state index is 11.3. The zero-order valence-electron chi connectivity index (χ0n) is 40.4. The van der Waals surface area contributed by atoms with Gasteiger partial charge >= 0.3 is 0 Å². The van der Waals surface area contributed by atoms with Gasteiger partial charge in [0.15, 0.2) is 0 Å². The molecule has 0 amide bonds. The number of piperazine rings is 1. The quantitative estimate of drug-likeness (QED) is 0.0597. The van der Waals surface area contributed by atoms with Crippen molar-refractivity contribution in [2.45, 2.75) is 252 Å². The SMILES string of the molecule is CCCCCCCCC(CCCCCC)COCCCCCCN(CCCCCCC(O)C(CCCCCC)CCCCCCCC)CC(O)CN1CCN(C)CC1. The van der Waals surface area contributed by atoms with Crippen molar-refractivity contribution in [3.63, 3.8) is 0 Å². The Bertz CT molecular complexity index is 809. The summed E-state index contributed by atoms with van der Waals surface area (Å²) < 4.78 is 6.31. The van der Waals surface area contributed by atoms with Crippen molar-refractivity contribution in [2.24, 2.45) is 11.8 Å². The zero-order chi connectivity index (χ0) is 42.2. The number of nitrogens with zero attached hydrogens (tertiary/aromatic N) is 3. The molecule has 0 aromatic rings. The minimum Gasteiger partial charge on any atom is -0.393 e. The maximum atomic E-state index is 11.3. The van der Waals surface area contributed by atoms with Gasteiger partial charge in [0.25, 0.3) is 0 Å². The topological polar surface area (TPSA) is 59.4 Å². The average molecular weight is 822 g/mol. The van der Waals surface area contributed by atoms with Gasteiger partial charge in [-0.2, -0.15) is 0 Å². The monoisotopic (exact) mass is 822 g/mol. The van der Waals surface area contributed by atoms with Gasteiger partial charge in [-0.25, -0.2) is 0 Å². The van der Waals surface area contributed by atoms with Gasteiger partial charge in [-0.3, -0.25) is 4.90 Å². The second-order valence-electron chi connectivity index (χ2n) is 19.3. The molecule has 0 spiro atoms. The number of likely N-dealkylation sites (N-methyl/N-ethyl adjacent to an activating group) is 1. The third-order valence-electron chi connectivity index (χ3n) is 13.5. The van der Waals surface area contributed by atoms with Crippen molar-refractivity contribution < 1.29 is 14.9 Å². The molecule has 0 aromatic carbocycles. The molecule has 2 N–H and O–H groups in total. The Morgan fingerprint density at radius 1 is 0.483 bits per heavy atom. The summed E-state index contributed by atoms with van der Waals surface area (Å²) in [6, 6.07) is 0. The third kappa shape index (κ3) is 34.4. The van der Waals surface area contributed by atoms with Gasteiger partial charge in [-0.1, -0.05) is 188 Å². The Labute approximate surface area is 364 Å². The fourth-order valence-electron chi connectivity index (χ4n) is 9.33. The van der Waals surface area contributed by atoms with E-state index in [1.807, 2.05) is 0 Å². The number of aliphatic hydroxyl groups excluding tert-OH is 2. The van der Waals surface area contributed by atoms with Gasteiger partial charge in [0.05, 0.1) is 12.2 Å². The first-order valence-electron chi connectivity index (χ1n) is 26.5. The van der Waals surface area contributed by atoms with Crippen molar-refractivity contribution in [1.29, 1.82) is 0 Å². The van der Waals surface area contributed by atoms with Crippen LogP contribution in [0.2, 0.25) is 0 Å². The standard InChI is InChI=1S/C52H107N3O3/c1-6-10-14-18-20-27-35-49(34-26-16-12-8-3)48-58-45-33-25-24-32-40-54(46-51(56)47-55-43-41-53(5)42-44-55)39-31-23-22-30-38-52(57)50(36-28-17-13-9-4)37-29-21-19-15-11-7-2/h49-52,56-57H,6-48H2,1-5H3. The highest BCUT2D eigenvalue weighted by molar-refractivity contribution is 4.75. The molecule has 4 atom stereocenters. The van der Waals surface area contributed by atoms with Crippen LogP contribution in [0.4, 0.5) is 0 Å². The fraction of sp³-hybridized carbons (Fsp3) is 1.00. The molecule has 0 saturated carbocycles. The second kappa shape index (κ2) is 42.1. The summed E-state index contributed by atoms with van der Waals surface area (Å²) in [5.41, 5.74) is 0. The lowest BCUT2D eigenvalue weighted by molar-refractivity contribution is 0.0538. The third-order valence-corrected chi connectivity index (χ3v) is 13.5. The first-order valence-corrected chi connectivity index (χ1v) is 26.5. The van der Waals surface area contributed by atoms with Crippen LogP contribution in [-0.2, 0) is 4.74 Å². The molecule has 1 aliphatic heterocycles. The normalized spacial score (nSPS) is 16.3. The minimum atomic E-state index is -0.279. The van der Waals surface area contributed by atoms with E-state index in [9.17, 15) is 10.2 Å². The number of hydrogen-bond donors (Lipinski definition) is 2. The Hall–Kier alpha value is -0.240. The summed E-state index contributed by atoms with van der Waals surface area (Å²) in [6.45, 7) is 19.2. The van der Waals surface area contributed by atoms with E-state index in [4.69, 9.17) is 4.74 Å². The van der Waals surface area contributed by atoms with Crippen LogP contribution in [0.1, 0.15) is 240 Å². The van der Waals surface area contributed by atoms with E-state index in [2.05, 4.69) is 49.4 Å². The lowest BCUT2D eigenvalue weighted by Gasteiger charge is -2.34. The van der Waals surface area contributed by atoms with Gasteiger partial charge in [0.1, 0.15) is 0 Å². The minimum absolute atomic E-state index is 0.119. The summed E-state index contributed by atoms with van der Waals surface area (Å²) in [6.07, 6.45) is 42.5. The Kier molecular flexibility index (Phi) is 40.5. The first-order chi connectivity index (χ1) is 28.4. The van der Waals surface area contributed by atoms with Crippen LogP contribution in [0.25, 0.3) is 0 Å². The van der Waals surface area contributed by atoms with E-state index >= 15 is 0 Å². The summed E-state index contributed by atoms with van der Waals surface area (Å²) in [5.74, 6) is 1.25. The smallest absolute Gasteiger partial charge is 0.0793 e. The van der Waals surface area contributed by atoms with Crippen LogP contribution >= 0.6 is 0 Å². The van der Waals surface area contributed by atoms with Crippen molar-refractivity contribution in [1.82, 2.24) is 14.7 Å². The maximum Gasteiger partial charge on any atom is 0.0793 e. The Morgan fingerprint density at radius 3 is 1.41 bits per heavy atom. The number of ether oxygens (including phenoxy) is 1. The summed E-state index contributed by atoms with van der Waals surface area (Å²) in [7, 11) is 2.20. The molecule has 0 aliphatic carbocycles. The highest BCUT2D eigenvalue weighted by Gasteiger charge is 2.20. The Morgan fingerprint density at radius 2 is 0.897 bits per heavy atom. The zero-order valence-corrected chi connectivity index (χ0v) is 40.4. The number of aliphatic hydroxyl groups is 2. The number of hydrogen-bond acceptors (Lipinski definition) is 6. The predicted octanol–water partition coefficient (Wildman–Crippen LogP) is 13.5. The van der Waals surface area contributed by atoms with Crippen LogP contribution in [-0.4, -0.2) is 110 Å². The highest BCUT2D eigenvalue weighted by Crippen LogP contribution is 2.25. The molecule has 1 heterocycles. The van der Waals surface area contributed by atoms with Crippen LogP contribution < -0.4 is 0 Å². The van der Waals surface area contributed by atoms with Gasteiger partial charge in [-0.15, -0.1) is 0 Å². The lowest BCUT2D eigenvalue weighted by Crippen LogP contribution is -2.49. The van der Waals surface area contributed by atoms with E-state index in [0.717, 1.165) is 84.3 Å². The summed E-state index contributed by atoms with van der Waals surface area (Å²) in [4.78, 5) is 7.43. The molecule has 4 unspecified atom stereocenters. The molecular weight excluding hydrogens is 715 g/mol. The van der Waals surface area contributed by atoms with Gasteiger partial charge < -0.3 is 24.7 Å².